The third-order valence-electron chi connectivity index (χ3n) is 11.4. The summed E-state index contributed by atoms with van der Waals surface area (Å²) in [5.41, 5.74) is 5.61. The second-order valence-corrected chi connectivity index (χ2v) is 15.9. The third kappa shape index (κ3) is 14.1. The first-order valence-corrected chi connectivity index (χ1v) is 21.8. The fraction of sp³-hybridized carbons (Fsp3) is 0.373. The zero-order valence-corrected chi connectivity index (χ0v) is 36.4. The molecule has 340 valence electrons. The second-order valence-electron chi connectivity index (χ2n) is 15.9. The number of nitrogens with one attached hydrogen (secondary N) is 1. The van der Waals surface area contributed by atoms with E-state index < -0.39 is 46.7 Å². The Morgan fingerprint density at radius 2 is 1.72 bits per heavy atom. The number of carbonyl (C=O) groups is 2. The van der Waals surface area contributed by atoms with Crippen molar-refractivity contribution in [1.82, 2.24) is 0 Å². The number of nitrogen functional groups attached to an aromatic ring is 1. The van der Waals surface area contributed by atoms with Crippen LogP contribution in [0, 0.1) is 34.8 Å². The standard InChI is InChI=1S/C51H57F4N3O6/c1-4-7-8-10-35-12-14-36(15-13-35)24-26-58-44-32-46(40(33-56)31-43(44)57)64-51(54,55)42-21-22-45(50(53)49(42)52)63-48(60)23-17-37-16-18-39-30-41(20-19-38(39)29-37)61-28-25-34(5-2)11-9-27-62-47(59)6-3/h4,6-8,10,16,18-22,26,29-36,56H,3,5,9,11-15,17,23-25,27-28,57H2,1-2H3/b7-4+,10-8+,56-33?,58-26?. The van der Waals surface area contributed by atoms with Crippen LogP contribution >= 0.6 is 0 Å². The number of carbonyl (C=O) groups excluding carboxylic acids is 2. The summed E-state index contributed by atoms with van der Waals surface area (Å²) in [5, 5.41) is 9.55. The Morgan fingerprint density at radius 1 is 0.953 bits per heavy atom. The van der Waals surface area contributed by atoms with Crippen LogP contribution in [0.1, 0.15) is 94.7 Å². The lowest BCUT2D eigenvalue weighted by Gasteiger charge is -2.25. The van der Waals surface area contributed by atoms with E-state index in [-0.39, 0.29) is 29.8 Å². The Kier molecular flexibility index (Phi) is 18.3. The topological polar surface area (TPSA) is 133 Å². The van der Waals surface area contributed by atoms with Crippen LogP contribution in [0.4, 0.5) is 28.9 Å². The molecule has 4 aromatic carbocycles. The van der Waals surface area contributed by atoms with Gasteiger partial charge in [0, 0.05) is 36.6 Å². The molecule has 1 fully saturated rings. The largest absolute Gasteiger partial charge is 0.494 e. The van der Waals surface area contributed by atoms with Gasteiger partial charge in [0.2, 0.25) is 5.82 Å². The third-order valence-corrected chi connectivity index (χ3v) is 11.4. The quantitative estimate of drug-likeness (QED) is 0.0111. The number of ether oxygens (including phenoxy) is 4. The van der Waals surface area contributed by atoms with Crippen molar-refractivity contribution >= 4 is 46.5 Å². The number of anilines is 1. The molecule has 1 saturated carbocycles. The number of fused-ring (bicyclic) bond motifs is 1. The maximum Gasteiger partial charge on any atom is 0.429 e. The molecule has 0 aliphatic heterocycles. The van der Waals surface area contributed by atoms with Gasteiger partial charge in [0.1, 0.15) is 17.1 Å². The zero-order valence-electron chi connectivity index (χ0n) is 36.4. The van der Waals surface area contributed by atoms with Crippen LogP contribution in [-0.4, -0.2) is 37.6 Å². The van der Waals surface area contributed by atoms with E-state index in [2.05, 4.69) is 30.6 Å². The van der Waals surface area contributed by atoms with Gasteiger partial charge >= 0.3 is 18.0 Å². The first kappa shape index (κ1) is 48.8. The van der Waals surface area contributed by atoms with Crippen molar-refractivity contribution in [3.63, 3.8) is 0 Å². The number of halogens is 4. The van der Waals surface area contributed by atoms with Gasteiger partial charge in [0.15, 0.2) is 11.6 Å². The van der Waals surface area contributed by atoms with Crippen LogP contribution in [-0.2, 0) is 26.9 Å². The van der Waals surface area contributed by atoms with E-state index in [1.165, 1.54) is 6.07 Å². The SMILES string of the molecule is C=CC(=O)OCCCC(CC)CCOc1ccc2cc(CCC(=O)Oc3ccc(C(F)(F)Oc4cc(N=CCC5CCC(/C=C/C=C/C)CC5)c(N)cc4C=N)c(F)c3F)ccc2c1. The van der Waals surface area contributed by atoms with Gasteiger partial charge < -0.3 is 30.1 Å². The molecule has 9 nitrogen and oxygen atoms in total. The molecule has 0 bridgehead atoms. The number of esters is 2. The number of alkyl halides is 2. The molecule has 0 aromatic heterocycles. The minimum absolute atomic E-state index is 0.122. The van der Waals surface area contributed by atoms with Gasteiger partial charge in [-0.1, -0.05) is 68.5 Å². The molecule has 4 aromatic rings. The van der Waals surface area contributed by atoms with E-state index in [0.717, 1.165) is 92.1 Å². The highest BCUT2D eigenvalue weighted by atomic mass is 19.3. The minimum atomic E-state index is -4.41. The van der Waals surface area contributed by atoms with Crippen molar-refractivity contribution < 1.29 is 46.1 Å². The van der Waals surface area contributed by atoms with Crippen molar-refractivity contribution in [3.8, 4) is 17.2 Å². The average molecular weight is 884 g/mol. The molecular weight excluding hydrogens is 827 g/mol. The van der Waals surface area contributed by atoms with Gasteiger partial charge in [-0.05, 0) is 129 Å². The molecular formula is C51H57F4N3O6. The number of hydrogen-bond acceptors (Lipinski definition) is 9. The predicted molar refractivity (Wildman–Crippen MR) is 244 cm³/mol. The van der Waals surface area contributed by atoms with Crippen LogP contribution in [0.2, 0.25) is 0 Å². The number of nitrogens with zero attached hydrogens (tertiary/aromatic N) is 1. The molecule has 0 spiro atoms. The summed E-state index contributed by atoms with van der Waals surface area (Å²) in [5.74, 6) is -4.33. The van der Waals surface area contributed by atoms with E-state index >= 15 is 17.6 Å². The van der Waals surface area contributed by atoms with E-state index in [4.69, 9.17) is 30.1 Å². The van der Waals surface area contributed by atoms with Crippen molar-refractivity contribution in [2.45, 2.75) is 90.6 Å². The van der Waals surface area contributed by atoms with Crippen molar-refractivity contribution in [3.05, 3.63) is 126 Å². The van der Waals surface area contributed by atoms with Crippen LogP contribution in [0.3, 0.4) is 0 Å². The summed E-state index contributed by atoms with van der Waals surface area (Å²) in [6, 6.07) is 15.0. The molecule has 0 radical (unpaired) electrons. The summed E-state index contributed by atoms with van der Waals surface area (Å²) in [6.45, 7) is 8.38. The lowest BCUT2D eigenvalue weighted by molar-refractivity contribution is -0.187. The van der Waals surface area contributed by atoms with E-state index in [0.29, 0.717) is 49.2 Å². The maximum atomic E-state index is 15.6. The molecule has 0 heterocycles. The molecule has 5 rings (SSSR count). The molecule has 1 aliphatic carbocycles. The molecule has 0 amide bonds. The number of benzene rings is 4. The normalized spacial score (nSPS) is 16.0. The zero-order chi connectivity index (χ0) is 46.1. The van der Waals surface area contributed by atoms with Crippen LogP contribution in [0.25, 0.3) is 10.8 Å². The minimum Gasteiger partial charge on any atom is -0.494 e. The Hall–Kier alpha value is -6.24. The highest BCUT2D eigenvalue weighted by Crippen LogP contribution is 2.40. The fourth-order valence-corrected chi connectivity index (χ4v) is 7.63. The molecule has 1 aliphatic rings. The summed E-state index contributed by atoms with van der Waals surface area (Å²) < 4.78 is 82.6. The van der Waals surface area contributed by atoms with Gasteiger partial charge in [0.25, 0.3) is 0 Å². The average Bonchev–Trinajstić information content (AvgIpc) is 3.29. The van der Waals surface area contributed by atoms with E-state index in [9.17, 15) is 9.59 Å². The first-order chi connectivity index (χ1) is 30.8. The number of aryl methyl sites for hydroxylation is 1. The van der Waals surface area contributed by atoms with Crippen LogP contribution in [0.15, 0.2) is 103 Å². The monoisotopic (exact) mass is 883 g/mol. The van der Waals surface area contributed by atoms with Gasteiger partial charge in [-0.2, -0.15) is 13.2 Å². The number of hydrogen-bond donors (Lipinski definition) is 2. The Morgan fingerprint density at radius 3 is 2.45 bits per heavy atom. The number of nitrogens with two attached hydrogens (primary N) is 1. The summed E-state index contributed by atoms with van der Waals surface area (Å²) in [4.78, 5) is 28.4. The summed E-state index contributed by atoms with van der Waals surface area (Å²) in [6.07, 6.45) is 15.8. The van der Waals surface area contributed by atoms with Gasteiger partial charge in [-0.15, -0.1) is 0 Å². The van der Waals surface area contributed by atoms with Crippen molar-refractivity contribution in [2.75, 3.05) is 18.9 Å². The molecule has 13 heteroatoms. The van der Waals surface area contributed by atoms with E-state index in [1.807, 2.05) is 55.5 Å². The van der Waals surface area contributed by atoms with Crippen molar-refractivity contribution in [1.29, 1.82) is 5.41 Å². The maximum absolute atomic E-state index is 15.6. The fourth-order valence-electron chi connectivity index (χ4n) is 7.63. The number of rotatable bonds is 23. The Bertz CT molecular complexity index is 2340. The molecule has 64 heavy (non-hydrogen) atoms. The van der Waals surface area contributed by atoms with Crippen molar-refractivity contribution in [2.24, 2.45) is 22.7 Å². The summed E-state index contributed by atoms with van der Waals surface area (Å²) >= 11 is 0. The Labute approximate surface area is 372 Å². The van der Waals surface area contributed by atoms with Gasteiger partial charge in [-0.3, -0.25) is 9.79 Å². The second kappa shape index (κ2) is 24.0. The highest BCUT2D eigenvalue weighted by Gasteiger charge is 2.40. The molecule has 1 unspecified atom stereocenters. The Balaban J connectivity index is 1.13. The van der Waals surface area contributed by atoms with E-state index in [1.54, 1.807) is 6.21 Å². The first-order valence-electron chi connectivity index (χ1n) is 21.8. The predicted octanol–water partition coefficient (Wildman–Crippen LogP) is 12.7. The lowest BCUT2D eigenvalue weighted by atomic mass is 9.80. The molecule has 0 saturated heterocycles. The van der Waals surface area contributed by atoms with Crippen LogP contribution < -0.4 is 19.9 Å². The summed E-state index contributed by atoms with van der Waals surface area (Å²) in [7, 11) is 0. The highest BCUT2D eigenvalue weighted by molar-refractivity contribution is 5.87. The van der Waals surface area contributed by atoms with Gasteiger partial charge in [-0.25, -0.2) is 9.18 Å². The van der Waals surface area contributed by atoms with Gasteiger partial charge in [0.05, 0.1) is 24.6 Å². The smallest absolute Gasteiger partial charge is 0.429 e. The molecule has 3 N–H and O–H groups in total. The molecule has 1 atom stereocenters. The lowest BCUT2D eigenvalue weighted by Crippen LogP contribution is -2.25. The number of aliphatic imine (C=N–C) groups is 1. The number of allylic oxidation sites excluding steroid dienone is 4. The van der Waals surface area contributed by atoms with Crippen LogP contribution in [0.5, 0.6) is 17.2 Å².